The fourth-order valence-electron chi connectivity index (χ4n) is 3.34. The van der Waals surface area contributed by atoms with Crippen LogP contribution in [0, 0.1) is 5.82 Å². The highest BCUT2D eigenvalue weighted by Crippen LogP contribution is 2.32. The van der Waals surface area contributed by atoms with Gasteiger partial charge in [0.05, 0.1) is 0 Å². The van der Waals surface area contributed by atoms with E-state index in [9.17, 15) is 9.18 Å². The van der Waals surface area contributed by atoms with Gasteiger partial charge >= 0.3 is 0 Å². The molecule has 4 rings (SSSR count). The van der Waals surface area contributed by atoms with Gasteiger partial charge in [-0.25, -0.2) is 14.4 Å². The standard InChI is InChI=1S/C21H19FN4O/c1-14-12-16-4-2-3-5-19(16)26(14)20(27)18-10-11-23-21(25-18)24-13-15-6-8-17(22)9-7-15/h2-11,14H,12-13H2,1H3,(H,23,24,25). The third-order valence-corrected chi connectivity index (χ3v) is 4.66. The zero-order chi connectivity index (χ0) is 18.8. The Morgan fingerprint density at radius 2 is 1.96 bits per heavy atom. The zero-order valence-corrected chi connectivity index (χ0v) is 14.9. The number of hydrogen-bond donors (Lipinski definition) is 1. The van der Waals surface area contributed by atoms with E-state index >= 15 is 0 Å². The third-order valence-electron chi connectivity index (χ3n) is 4.66. The number of carbonyl (C=O) groups excluding carboxylic acids is 1. The van der Waals surface area contributed by atoms with Crippen LogP contribution < -0.4 is 10.2 Å². The number of aromatic nitrogens is 2. The molecule has 1 aliphatic heterocycles. The molecule has 0 spiro atoms. The average Bonchev–Trinajstić information content (AvgIpc) is 3.03. The van der Waals surface area contributed by atoms with Crippen molar-refractivity contribution in [2.45, 2.75) is 25.9 Å². The van der Waals surface area contributed by atoms with Crippen LogP contribution in [-0.4, -0.2) is 21.9 Å². The second-order valence-corrected chi connectivity index (χ2v) is 6.60. The highest BCUT2D eigenvalue weighted by Gasteiger charge is 2.31. The predicted octanol–water partition coefficient (Wildman–Crippen LogP) is 3.82. The molecular weight excluding hydrogens is 343 g/mol. The van der Waals surface area contributed by atoms with Crippen LogP contribution in [0.2, 0.25) is 0 Å². The van der Waals surface area contributed by atoms with Gasteiger partial charge in [-0.1, -0.05) is 30.3 Å². The first kappa shape index (κ1) is 17.1. The van der Waals surface area contributed by atoms with Gasteiger partial charge in [0, 0.05) is 24.5 Å². The Kier molecular flexibility index (Phi) is 4.54. The Hall–Kier alpha value is -3.28. The molecular formula is C21H19FN4O. The number of fused-ring (bicyclic) bond motifs is 1. The van der Waals surface area contributed by atoms with Crippen molar-refractivity contribution >= 4 is 17.5 Å². The van der Waals surface area contributed by atoms with E-state index in [1.165, 1.54) is 17.7 Å². The highest BCUT2D eigenvalue weighted by molar-refractivity contribution is 6.06. The lowest BCUT2D eigenvalue weighted by Gasteiger charge is -2.22. The van der Waals surface area contributed by atoms with Gasteiger partial charge in [0.2, 0.25) is 5.95 Å². The number of rotatable bonds is 4. The Morgan fingerprint density at radius 3 is 2.78 bits per heavy atom. The number of para-hydroxylation sites is 1. The van der Waals surface area contributed by atoms with E-state index in [2.05, 4.69) is 21.4 Å². The molecule has 1 N–H and O–H groups in total. The lowest BCUT2D eigenvalue weighted by Crippen LogP contribution is -2.36. The summed E-state index contributed by atoms with van der Waals surface area (Å²) in [5.41, 5.74) is 3.35. The first-order valence-electron chi connectivity index (χ1n) is 8.84. The molecule has 27 heavy (non-hydrogen) atoms. The lowest BCUT2D eigenvalue weighted by molar-refractivity contribution is 0.0976. The van der Waals surface area contributed by atoms with Gasteiger partial charge in [-0.2, -0.15) is 0 Å². The number of halogens is 1. The van der Waals surface area contributed by atoms with Crippen LogP contribution in [0.5, 0.6) is 0 Å². The fraction of sp³-hybridized carbons (Fsp3) is 0.190. The van der Waals surface area contributed by atoms with E-state index in [1.807, 2.05) is 25.1 Å². The number of carbonyl (C=O) groups is 1. The van der Waals surface area contributed by atoms with Crippen LogP contribution in [0.1, 0.15) is 28.5 Å². The molecule has 3 aromatic rings. The van der Waals surface area contributed by atoms with Crippen molar-refractivity contribution < 1.29 is 9.18 Å². The second-order valence-electron chi connectivity index (χ2n) is 6.60. The lowest BCUT2D eigenvalue weighted by atomic mass is 10.1. The first-order chi connectivity index (χ1) is 13.1. The van der Waals surface area contributed by atoms with E-state index < -0.39 is 0 Å². The normalized spacial score (nSPS) is 15.5. The summed E-state index contributed by atoms with van der Waals surface area (Å²) in [6, 6.07) is 15.9. The molecule has 2 aromatic carbocycles. The Labute approximate surface area is 156 Å². The molecule has 1 atom stereocenters. The smallest absolute Gasteiger partial charge is 0.277 e. The number of hydrogen-bond acceptors (Lipinski definition) is 4. The molecule has 0 bridgehead atoms. The van der Waals surface area contributed by atoms with E-state index in [0.717, 1.165) is 17.7 Å². The van der Waals surface area contributed by atoms with Crippen LogP contribution in [0.4, 0.5) is 16.0 Å². The Bertz CT molecular complexity index is 974. The van der Waals surface area contributed by atoms with Crippen LogP contribution in [0.15, 0.2) is 60.8 Å². The minimum Gasteiger partial charge on any atom is -0.350 e. The van der Waals surface area contributed by atoms with E-state index in [1.54, 1.807) is 29.3 Å². The summed E-state index contributed by atoms with van der Waals surface area (Å²) in [7, 11) is 0. The van der Waals surface area contributed by atoms with E-state index in [4.69, 9.17) is 0 Å². The maximum absolute atomic E-state index is 13.1. The molecule has 1 unspecified atom stereocenters. The SMILES string of the molecule is CC1Cc2ccccc2N1C(=O)c1ccnc(NCc2ccc(F)cc2)n1. The molecule has 0 fully saturated rings. The summed E-state index contributed by atoms with van der Waals surface area (Å²) < 4.78 is 13.0. The summed E-state index contributed by atoms with van der Waals surface area (Å²) in [5, 5.41) is 3.08. The molecule has 5 nitrogen and oxygen atoms in total. The van der Waals surface area contributed by atoms with Gasteiger partial charge in [0.1, 0.15) is 11.5 Å². The molecule has 0 saturated carbocycles. The van der Waals surface area contributed by atoms with Gasteiger partial charge in [-0.15, -0.1) is 0 Å². The van der Waals surface area contributed by atoms with Crippen molar-refractivity contribution in [3.05, 3.63) is 83.4 Å². The van der Waals surface area contributed by atoms with E-state index in [-0.39, 0.29) is 17.8 Å². The van der Waals surface area contributed by atoms with Crippen LogP contribution in [-0.2, 0) is 13.0 Å². The van der Waals surface area contributed by atoms with Crippen LogP contribution >= 0.6 is 0 Å². The quantitative estimate of drug-likeness (QED) is 0.767. The summed E-state index contributed by atoms with van der Waals surface area (Å²) in [5.74, 6) is -0.0485. The van der Waals surface area contributed by atoms with Crippen molar-refractivity contribution in [2.24, 2.45) is 0 Å². The molecule has 0 aliphatic carbocycles. The molecule has 2 heterocycles. The summed E-state index contributed by atoms with van der Waals surface area (Å²) in [6.07, 6.45) is 2.41. The van der Waals surface area contributed by atoms with Gasteiger partial charge in [-0.3, -0.25) is 4.79 Å². The molecule has 6 heteroatoms. The topological polar surface area (TPSA) is 58.1 Å². The van der Waals surface area contributed by atoms with Crippen molar-refractivity contribution in [1.82, 2.24) is 9.97 Å². The first-order valence-corrected chi connectivity index (χ1v) is 8.84. The largest absolute Gasteiger partial charge is 0.350 e. The minimum atomic E-state index is -0.275. The molecule has 1 aliphatic rings. The second kappa shape index (κ2) is 7.15. The summed E-state index contributed by atoms with van der Waals surface area (Å²) >= 11 is 0. The average molecular weight is 362 g/mol. The van der Waals surface area contributed by atoms with Gasteiger partial charge < -0.3 is 10.2 Å². The van der Waals surface area contributed by atoms with Gasteiger partial charge in [0.15, 0.2) is 0 Å². The summed E-state index contributed by atoms with van der Waals surface area (Å²) in [4.78, 5) is 23.4. The molecule has 1 aromatic heterocycles. The number of anilines is 2. The van der Waals surface area contributed by atoms with Crippen molar-refractivity contribution in [3.63, 3.8) is 0 Å². The van der Waals surface area contributed by atoms with Crippen LogP contribution in [0.25, 0.3) is 0 Å². The fourth-order valence-corrected chi connectivity index (χ4v) is 3.34. The number of amides is 1. The maximum Gasteiger partial charge on any atom is 0.277 e. The van der Waals surface area contributed by atoms with Crippen molar-refractivity contribution in [3.8, 4) is 0 Å². The Morgan fingerprint density at radius 1 is 1.19 bits per heavy atom. The van der Waals surface area contributed by atoms with Crippen molar-refractivity contribution in [1.29, 1.82) is 0 Å². The zero-order valence-electron chi connectivity index (χ0n) is 14.9. The van der Waals surface area contributed by atoms with Gasteiger partial charge in [0.25, 0.3) is 5.91 Å². The third kappa shape index (κ3) is 3.51. The molecule has 1 amide bonds. The Balaban J connectivity index is 1.52. The number of nitrogens with zero attached hydrogens (tertiary/aromatic N) is 3. The molecule has 136 valence electrons. The molecule has 0 saturated heterocycles. The van der Waals surface area contributed by atoms with Crippen molar-refractivity contribution in [2.75, 3.05) is 10.2 Å². The van der Waals surface area contributed by atoms with E-state index in [0.29, 0.717) is 18.2 Å². The predicted molar refractivity (Wildman–Crippen MR) is 102 cm³/mol. The van der Waals surface area contributed by atoms with Crippen LogP contribution in [0.3, 0.4) is 0 Å². The number of nitrogens with one attached hydrogen (secondary N) is 1. The minimum absolute atomic E-state index is 0.0838. The molecule has 0 radical (unpaired) electrons. The summed E-state index contributed by atoms with van der Waals surface area (Å²) in [6.45, 7) is 2.48. The monoisotopic (exact) mass is 362 g/mol. The number of benzene rings is 2. The highest BCUT2D eigenvalue weighted by atomic mass is 19.1. The van der Waals surface area contributed by atoms with Gasteiger partial charge in [-0.05, 0) is 48.7 Å². The maximum atomic E-state index is 13.1.